The van der Waals surface area contributed by atoms with Crippen molar-refractivity contribution in [2.45, 2.75) is 20.8 Å². The number of carbonyl (C=O) groups is 2. The zero-order valence-corrected chi connectivity index (χ0v) is 15.1. The van der Waals surface area contributed by atoms with Gasteiger partial charge in [-0.15, -0.1) is 0 Å². The molecule has 3 rings (SSSR count). The fourth-order valence-corrected chi connectivity index (χ4v) is 3.44. The van der Waals surface area contributed by atoms with Crippen LogP contribution < -0.4 is 5.32 Å². The molecule has 0 saturated carbocycles. The number of benzene rings is 2. The van der Waals surface area contributed by atoms with Gasteiger partial charge in [0.1, 0.15) is 0 Å². The van der Waals surface area contributed by atoms with Crippen LogP contribution in [-0.4, -0.2) is 16.7 Å². The highest BCUT2D eigenvalue weighted by Crippen LogP contribution is 2.31. The first-order chi connectivity index (χ1) is 12.0. The Balaban J connectivity index is 1.95. The van der Waals surface area contributed by atoms with Crippen LogP contribution in [0.1, 0.15) is 38.1 Å². The second kappa shape index (κ2) is 6.99. The van der Waals surface area contributed by atoms with Crippen molar-refractivity contribution in [1.82, 2.24) is 4.98 Å². The maximum absolute atomic E-state index is 12.6. The molecule has 126 valence electrons. The number of anilines is 1. The first-order valence-electron chi connectivity index (χ1n) is 7.92. The Morgan fingerprint density at radius 1 is 1.00 bits per heavy atom. The Hall–Kier alpha value is -2.79. The van der Waals surface area contributed by atoms with Gasteiger partial charge in [-0.2, -0.15) is 0 Å². The molecule has 1 heterocycles. The van der Waals surface area contributed by atoms with Crippen molar-refractivity contribution in [3.8, 4) is 11.3 Å². The molecule has 1 N–H and O–H groups in total. The summed E-state index contributed by atoms with van der Waals surface area (Å²) in [5.41, 5.74) is 4.07. The zero-order chi connectivity index (χ0) is 18.0. The van der Waals surface area contributed by atoms with Gasteiger partial charge >= 0.3 is 0 Å². The first kappa shape index (κ1) is 17.0. The van der Waals surface area contributed by atoms with E-state index in [0.29, 0.717) is 21.3 Å². The highest BCUT2D eigenvalue weighted by atomic mass is 32.1. The quantitative estimate of drug-likeness (QED) is 0.682. The number of Topliss-reactive ketones (excluding diaryl/α,β-unsaturated/α-hetero) is 1. The number of ketones is 1. The maximum atomic E-state index is 12.6. The van der Waals surface area contributed by atoms with Gasteiger partial charge in [-0.05, 0) is 31.0 Å². The molecule has 0 radical (unpaired) electrons. The molecular formula is C20H18N2O2S. The van der Waals surface area contributed by atoms with E-state index in [0.717, 1.165) is 16.7 Å². The lowest BCUT2D eigenvalue weighted by Gasteiger charge is -2.07. The van der Waals surface area contributed by atoms with Gasteiger partial charge < -0.3 is 0 Å². The van der Waals surface area contributed by atoms with Gasteiger partial charge in [0.15, 0.2) is 10.9 Å². The Bertz CT molecular complexity index is 946. The summed E-state index contributed by atoms with van der Waals surface area (Å²) in [6, 6.07) is 15.1. The molecule has 0 aliphatic carbocycles. The SMILES string of the molecule is CC(=O)c1sc(NC(=O)c2cccc(C)c2C)nc1-c1ccccc1. The van der Waals surface area contributed by atoms with Gasteiger partial charge in [-0.3, -0.25) is 14.9 Å². The number of nitrogens with one attached hydrogen (secondary N) is 1. The molecule has 0 saturated heterocycles. The number of carbonyl (C=O) groups excluding carboxylic acids is 2. The second-order valence-corrected chi connectivity index (χ2v) is 6.82. The third-order valence-electron chi connectivity index (χ3n) is 4.06. The van der Waals surface area contributed by atoms with Gasteiger partial charge in [0.2, 0.25) is 0 Å². The van der Waals surface area contributed by atoms with Gasteiger partial charge in [0.25, 0.3) is 5.91 Å². The Morgan fingerprint density at radius 3 is 2.40 bits per heavy atom. The van der Waals surface area contributed by atoms with Crippen molar-refractivity contribution in [3.63, 3.8) is 0 Å². The third-order valence-corrected chi connectivity index (χ3v) is 5.14. The minimum Gasteiger partial charge on any atom is -0.298 e. The number of hydrogen-bond acceptors (Lipinski definition) is 4. The van der Waals surface area contributed by atoms with Crippen LogP contribution in [0.5, 0.6) is 0 Å². The molecule has 0 atom stereocenters. The van der Waals surface area contributed by atoms with Crippen LogP contribution in [-0.2, 0) is 0 Å². The average molecular weight is 350 g/mol. The Kier molecular flexibility index (Phi) is 4.76. The molecule has 0 aliphatic heterocycles. The molecule has 1 aromatic heterocycles. The summed E-state index contributed by atoms with van der Waals surface area (Å²) in [5.74, 6) is -0.284. The van der Waals surface area contributed by atoms with Crippen molar-refractivity contribution >= 4 is 28.2 Å². The minimum absolute atomic E-state index is 0.0661. The number of aromatic nitrogens is 1. The molecule has 0 spiro atoms. The predicted octanol–water partition coefficient (Wildman–Crippen LogP) is 4.88. The molecule has 0 aliphatic rings. The summed E-state index contributed by atoms with van der Waals surface area (Å²) in [4.78, 5) is 29.6. The van der Waals surface area contributed by atoms with Crippen molar-refractivity contribution < 1.29 is 9.59 Å². The van der Waals surface area contributed by atoms with Crippen LogP contribution >= 0.6 is 11.3 Å². The van der Waals surface area contributed by atoms with Crippen LogP contribution in [0.25, 0.3) is 11.3 Å². The Labute approximate surface area is 150 Å². The van der Waals surface area contributed by atoms with E-state index in [9.17, 15) is 9.59 Å². The largest absolute Gasteiger partial charge is 0.298 e. The highest BCUT2D eigenvalue weighted by molar-refractivity contribution is 7.18. The molecular weight excluding hydrogens is 332 g/mol. The summed E-state index contributed by atoms with van der Waals surface area (Å²) >= 11 is 1.20. The topological polar surface area (TPSA) is 59.1 Å². The molecule has 4 nitrogen and oxygen atoms in total. The lowest BCUT2D eigenvalue weighted by atomic mass is 10.0. The number of rotatable bonds is 4. The molecule has 2 aromatic carbocycles. The fourth-order valence-electron chi connectivity index (χ4n) is 2.57. The molecule has 1 amide bonds. The highest BCUT2D eigenvalue weighted by Gasteiger charge is 2.19. The van der Waals surface area contributed by atoms with E-state index >= 15 is 0 Å². The van der Waals surface area contributed by atoms with Crippen LogP contribution in [0.4, 0.5) is 5.13 Å². The number of aryl methyl sites for hydroxylation is 1. The van der Waals surface area contributed by atoms with E-state index in [1.54, 1.807) is 6.07 Å². The van der Waals surface area contributed by atoms with E-state index in [-0.39, 0.29) is 11.7 Å². The van der Waals surface area contributed by atoms with Crippen LogP contribution in [0.2, 0.25) is 0 Å². The average Bonchev–Trinajstić information content (AvgIpc) is 3.02. The van der Waals surface area contributed by atoms with Crippen LogP contribution in [0, 0.1) is 13.8 Å². The number of nitrogens with zero attached hydrogens (tertiary/aromatic N) is 1. The monoisotopic (exact) mass is 350 g/mol. The zero-order valence-electron chi connectivity index (χ0n) is 14.3. The molecule has 3 aromatic rings. The summed E-state index contributed by atoms with van der Waals surface area (Å²) in [7, 11) is 0. The molecule has 0 fully saturated rings. The minimum atomic E-state index is -0.218. The second-order valence-electron chi connectivity index (χ2n) is 5.82. The number of hydrogen-bond donors (Lipinski definition) is 1. The van der Waals surface area contributed by atoms with Crippen LogP contribution in [0.3, 0.4) is 0 Å². The molecule has 25 heavy (non-hydrogen) atoms. The molecule has 0 bridgehead atoms. The van der Waals surface area contributed by atoms with Crippen molar-refractivity contribution in [2.75, 3.05) is 5.32 Å². The summed E-state index contributed by atoms with van der Waals surface area (Å²) in [6.07, 6.45) is 0. The van der Waals surface area contributed by atoms with Crippen LogP contribution in [0.15, 0.2) is 48.5 Å². The Morgan fingerprint density at radius 2 is 1.72 bits per heavy atom. The summed E-state index contributed by atoms with van der Waals surface area (Å²) < 4.78 is 0. The van der Waals surface area contributed by atoms with Gasteiger partial charge in [0, 0.05) is 18.1 Å². The van der Waals surface area contributed by atoms with Gasteiger partial charge in [0.05, 0.1) is 10.6 Å². The smallest absolute Gasteiger partial charge is 0.257 e. The van der Waals surface area contributed by atoms with Crippen molar-refractivity contribution in [1.29, 1.82) is 0 Å². The number of thiazole rings is 1. The third kappa shape index (κ3) is 3.51. The lowest BCUT2D eigenvalue weighted by Crippen LogP contribution is -2.13. The first-order valence-corrected chi connectivity index (χ1v) is 8.73. The fraction of sp³-hybridized carbons (Fsp3) is 0.150. The standard InChI is InChI=1S/C20H18N2O2S/c1-12-8-7-11-16(13(12)2)19(24)22-20-21-17(18(25-20)14(3)23)15-9-5-4-6-10-15/h4-11H,1-3H3,(H,21,22,24). The molecule has 5 heteroatoms. The maximum Gasteiger partial charge on any atom is 0.257 e. The van der Waals surface area contributed by atoms with E-state index in [2.05, 4.69) is 10.3 Å². The summed E-state index contributed by atoms with van der Waals surface area (Å²) in [5, 5.41) is 3.25. The van der Waals surface area contributed by atoms with Gasteiger partial charge in [-0.1, -0.05) is 53.8 Å². The van der Waals surface area contributed by atoms with E-state index in [4.69, 9.17) is 0 Å². The summed E-state index contributed by atoms with van der Waals surface area (Å²) in [6.45, 7) is 5.40. The lowest BCUT2D eigenvalue weighted by molar-refractivity contribution is 0.101. The number of amides is 1. The molecule has 0 unspecified atom stereocenters. The van der Waals surface area contributed by atoms with Gasteiger partial charge in [-0.25, -0.2) is 4.98 Å². The van der Waals surface area contributed by atoms with E-state index in [1.165, 1.54) is 18.3 Å². The van der Waals surface area contributed by atoms with Crippen molar-refractivity contribution in [2.24, 2.45) is 0 Å². The van der Waals surface area contributed by atoms with E-state index in [1.807, 2.05) is 56.3 Å². The van der Waals surface area contributed by atoms with E-state index < -0.39 is 0 Å². The normalized spacial score (nSPS) is 10.5. The predicted molar refractivity (Wildman–Crippen MR) is 101 cm³/mol. The van der Waals surface area contributed by atoms with Crippen molar-refractivity contribution in [3.05, 3.63) is 70.1 Å².